The molecular weight excluding hydrogens is 275 g/mol. The lowest BCUT2D eigenvalue weighted by atomic mass is 10.1. The second-order valence-electron chi connectivity index (χ2n) is 5.03. The maximum Gasteiger partial charge on any atom is 0.322 e. The largest absolute Gasteiger partial charge is 0.368 e. The summed E-state index contributed by atoms with van der Waals surface area (Å²) in [6.45, 7) is 1.35. The van der Waals surface area contributed by atoms with Crippen LogP contribution in [-0.4, -0.2) is 42.5 Å². The summed E-state index contributed by atoms with van der Waals surface area (Å²) in [5.41, 5.74) is 5.56. The molecule has 1 aliphatic heterocycles. The number of amides is 3. The molecule has 1 atom stereocenters. The molecule has 1 aromatic carbocycles. The molecule has 0 aliphatic carbocycles. The lowest BCUT2D eigenvalue weighted by Gasteiger charge is -2.33. The summed E-state index contributed by atoms with van der Waals surface area (Å²) >= 11 is 0. The molecule has 3 amide bonds. The van der Waals surface area contributed by atoms with Gasteiger partial charge < -0.3 is 21.3 Å². The zero-order chi connectivity index (χ0) is 15.2. The summed E-state index contributed by atoms with van der Waals surface area (Å²) in [7, 11) is 0. The van der Waals surface area contributed by atoms with Gasteiger partial charge in [0.25, 0.3) is 0 Å². The van der Waals surface area contributed by atoms with Gasteiger partial charge in [0.2, 0.25) is 5.91 Å². The molecule has 4 N–H and O–H groups in total. The molecule has 0 spiro atoms. The number of anilines is 1. The van der Waals surface area contributed by atoms with Gasteiger partial charge in [-0.05, 0) is 37.6 Å². The molecule has 0 bridgehead atoms. The minimum absolute atomic E-state index is 0.0974. The Hall–Kier alpha value is -2.15. The van der Waals surface area contributed by atoms with Gasteiger partial charge in [-0.15, -0.1) is 0 Å². The predicted octanol–water partition coefficient (Wildman–Crippen LogP) is 0.897. The minimum atomic E-state index is -0.574. The molecule has 21 heavy (non-hydrogen) atoms. The van der Waals surface area contributed by atoms with Gasteiger partial charge in [-0.1, -0.05) is 6.07 Å². The van der Waals surface area contributed by atoms with Gasteiger partial charge in [0, 0.05) is 18.3 Å². The van der Waals surface area contributed by atoms with Crippen LogP contribution in [0, 0.1) is 5.82 Å². The van der Waals surface area contributed by atoms with Crippen molar-refractivity contribution < 1.29 is 14.0 Å². The molecule has 114 valence electrons. The van der Waals surface area contributed by atoms with Crippen molar-refractivity contribution >= 4 is 17.6 Å². The average Bonchev–Trinajstić information content (AvgIpc) is 2.45. The molecule has 2 rings (SSSR count). The van der Waals surface area contributed by atoms with E-state index >= 15 is 0 Å². The average molecular weight is 294 g/mol. The fourth-order valence-electron chi connectivity index (χ4n) is 2.40. The van der Waals surface area contributed by atoms with Crippen LogP contribution >= 0.6 is 0 Å². The molecule has 7 heteroatoms. The number of rotatable bonds is 4. The van der Waals surface area contributed by atoms with Gasteiger partial charge in [0.05, 0.1) is 0 Å². The van der Waals surface area contributed by atoms with Crippen LogP contribution in [0.5, 0.6) is 0 Å². The third kappa shape index (κ3) is 4.42. The summed E-state index contributed by atoms with van der Waals surface area (Å²) in [5, 5.41) is 5.78. The molecule has 1 aromatic rings. The highest BCUT2D eigenvalue weighted by atomic mass is 19.1. The third-order valence-electron chi connectivity index (χ3n) is 3.37. The second-order valence-corrected chi connectivity index (χ2v) is 5.03. The molecule has 6 nitrogen and oxygen atoms in total. The van der Waals surface area contributed by atoms with Crippen molar-refractivity contribution in [2.24, 2.45) is 5.73 Å². The highest BCUT2D eigenvalue weighted by Gasteiger charge is 2.26. The molecule has 0 radical (unpaired) electrons. The minimum Gasteiger partial charge on any atom is -0.368 e. The van der Waals surface area contributed by atoms with Crippen LogP contribution in [0.25, 0.3) is 0 Å². The van der Waals surface area contributed by atoms with Crippen LogP contribution < -0.4 is 16.4 Å². The number of nitrogens with one attached hydrogen (secondary N) is 2. The number of nitrogens with zero attached hydrogens (tertiary/aromatic N) is 1. The third-order valence-corrected chi connectivity index (χ3v) is 3.37. The standard InChI is InChI=1S/C14H19FN4O2/c15-10-3-1-4-11(7-10)18-14(21)19(9-13(16)20)12-5-2-6-17-8-12/h1,3-4,7,12,17H,2,5-6,8-9H2,(H2,16,20)(H,18,21). The zero-order valence-electron chi connectivity index (χ0n) is 11.6. The van der Waals surface area contributed by atoms with Crippen molar-refractivity contribution in [3.05, 3.63) is 30.1 Å². The quantitative estimate of drug-likeness (QED) is 0.771. The zero-order valence-corrected chi connectivity index (χ0v) is 11.6. The van der Waals surface area contributed by atoms with Crippen molar-refractivity contribution in [1.82, 2.24) is 10.2 Å². The van der Waals surface area contributed by atoms with E-state index in [-0.39, 0.29) is 12.6 Å². The first-order valence-electron chi connectivity index (χ1n) is 6.88. The number of hydrogen-bond acceptors (Lipinski definition) is 3. The first-order valence-corrected chi connectivity index (χ1v) is 6.88. The summed E-state index contributed by atoms with van der Waals surface area (Å²) in [6, 6.07) is 5.06. The first-order chi connectivity index (χ1) is 10.1. The number of primary amides is 1. The van der Waals surface area contributed by atoms with Gasteiger partial charge in [-0.3, -0.25) is 4.79 Å². The maximum absolute atomic E-state index is 13.1. The Morgan fingerprint density at radius 2 is 2.29 bits per heavy atom. The molecular formula is C14H19FN4O2. The number of halogens is 1. The van der Waals surface area contributed by atoms with Crippen molar-refractivity contribution in [2.75, 3.05) is 25.0 Å². The fraction of sp³-hybridized carbons (Fsp3) is 0.429. The van der Waals surface area contributed by atoms with Gasteiger partial charge in [-0.25, -0.2) is 9.18 Å². The smallest absolute Gasteiger partial charge is 0.322 e. The summed E-state index contributed by atoms with van der Waals surface area (Å²) < 4.78 is 13.1. The van der Waals surface area contributed by atoms with Crippen LogP contribution in [0.3, 0.4) is 0 Å². The maximum atomic E-state index is 13.1. The van der Waals surface area contributed by atoms with E-state index in [0.717, 1.165) is 19.4 Å². The lowest BCUT2D eigenvalue weighted by molar-refractivity contribution is -0.119. The molecule has 1 fully saturated rings. The topological polar surface area (TPSA) is 87.5 Å². The number of piperidine rings is 1. The van der Waals surface area contributed by atoms with E-state index in [1.807, 2.05) is 0 Å². The Balaban J connectivity index is 2.07. The molecule has 1 unspecified atom stereocenters. The number of hydrogen-bond donors (Lipinski definition) is 3. The van der Waals surface area contributed by atoms with Crippen molar-refractivity contribution in [1.29, 1.82) is 0 Å². The van der Waals surface area contributed by atoms with Gasteiger partial charge in [0.15, 0.2) is 0 Å². The van der Waals surface area contributed by atoms with Crippen molar-refractivity contribution in [2.45, 2.75) is 18.9 Å². The van der Waals surface area contributed by atoms with E-state index in [2.05, 4.69) is 10.6 Å². The predicted molar refractivity (Wildman–Crippen MR) is 77.2 cm³/mol. The van der Waals surface area contributed by atoms with E-state index in [0.29, 0.717) is 12.2 Å². The highest BCUT2D eigenvalue weighted by Crippen LogP contribution is 2.14. The van der Waals surface area contributed by atoms with Gasteiger partial charge >= 0.3 is 6.03 Å². The normalized spacial score (nSPS) is 18.0. The Morgan fingerprint density at radius 3 is 2.90 bits per heavy atom. The van der Waals surface area contributed by atoms with Crippen LogP contribution in [-0.2, 0) is 4.79 Å². The molecule has 0 saturated carbocycles. The van der Waals surface area contributed by atoms with Crippen molar-refractivity contribution in [3.8, 4) is 0 Å². The number of carbonyl (C=O) groups excluding carboxylic acids is 2. The second kappa shape index (κ2) is 7.03. The first kappa shape index (κ1) is 15.2. The summed E-state index contributed by atoms with van der Waals surface area (Å²) in [4.78, 5) is 24.9. The van der Waals surface area contributed by atoms with Crippen LogP contribution in [0.2, 0.25) is 0 Å². The van der Waals surface area contributed by atoms with Crippen LogP contribution in [0.15, 0.2) is 24.3 Å². The Bertz CT molecular complexity index is 517. The summed E-state index contributed by atoms with van der Waals surface area (Å²) in [5.74, 6) is -1.01. The Morgan fingerprint density at radius 1 is 1.48 bits per heavy atom. The van der Waals surface area contributed by atoms with Crippen molar-refractivity contribution in [3.63, 3.8) is 0 Å². The molecule has 1 saturated heterocycles. The molecule has 1 aliphatic rings. The van der Waals surface area contributed by atoms with E-state index in [9.17, 15) is 14.0 Å². The summed E-state index contributed by atoms with van der Waals surface area (Å²) in [6.07, 6.45) is 1.73. The van der Waals surface area contributed by atoms with Gasteiger partial charge in [0.1, 0.15) is 12.4 Å². The molecule has 1 heterocycles. The number of carbonyl (C=O) groups is 2. The number of urea groups is 1. The fourth-order valence-corrected chi connectivity index (χ4v) is 2.40. The highest BCUT2D eigenvalue weighted by molar-refractivity contribution is 5.92. The lowest BCUT2D eigenvalue weighted by Crippen LogP contribution is -2.52. The number of nitrogens with two attached hydrogens (primary N) is 1. The molecule has 0 aromatic heterocycles. The number of benzene rings is 1. The SMILES string of the molecule is NC(=O)CN(C(=O)Nc1cccc(F)c1)C1CCCNC1. The van der Waals surface area contributed by atoms with E-state index < -0.39 is 17.8 Å². The van der Waals surface area contributed by atoms with E-state index in [1.54, 1.807) is 6.07 Å². The Kier molecular flexibility index (Phi) is 5.10. The van der Waals surface area contributed by atoms with E-state index in [1.165, 1.54) is 23.1 Å². The van der Waals surface area contributed by atoms with Gasteiger partial charge in [-0.2, -0.15) is 0 Å². The van der Waals surface area contributed by atoms with Crippen LogP contribution in [0.4, 0.5) is 14.9 Å². The monoisotopic (exact) mass is 294 g/mol. The van der Waals surface area contributed by atoms with E-state index in [4.69, 9.17) is 5.73 Å². The Labute approximate surface area is 122 Å². The van der Waals surface area contributed by atoms with Crippen LogP contribution in [0.1, 0.15) is 12.8 Å².